The first-order valence-electron chi connectivity index (χ1n) is 10.2. The first-order valence-corrected chi connectivity index (χ1v) is 11.1. The molecule has 2 heterocycles. The lowest BCUT2D eigenvalue weighted by Crippen LogP contribution is -2.37. The number of aryl methyl sites for hydroxylation is 1. The standard InChI is InChI=1S/C23H25FN4OS/c1-14(2)25-22(16-6-9-19(24)10-7-16)28-12-4-5-17-13-18(8-11-20(17)28)21-15(3)30-23(29)27-26-21/h6-11,13-15H,4-5,12H2,1-3H3,(H,27,29). The highest BCUT2D eigenvalue weighted by atomic mass is 32.2. The van der Waals surface area contributed by atoms with E-state index in [9.17, 15) is 9.18 Å². The van der Waals surface area contributed by atoms with Crippen LogP contribution in [0.5, 0.6) is 0 Å². The van der Waals surface area contributed by atoms with Crippen molar-refractivity contribution in [2.24, 2.45) is 10.1 Å². The van der Waals surface area contributed by atoms with Crippen molar-refractivity contribution in [2.45, 2.75) is 44.9 Å². The second kappa shape index (κ2) is 8.60. The molecule has 2 aromatic carbocycles. The maximum atomic E-state index is 13.5. The molecule has 0 radical (unpaired) electrons. The molecule has 30 heavy (non-hydrogen) atoms. The zero-order valence-corrected chi connectivity index (χ0v) is 18.2. The van der Waals surface area contributed by atoms with E-state index in [-0.39, 0.29) is 22.3 Å². The van der Waals surface area contributed by atoms with Crippen molar-refractivity contribution >= 4 is 34.2 Å². The molecular formula is C23H25FN4OS. The number of nitrogens with zero attached hydrogens (tertiary/aromatic N) is 3. The molecule has 1 unspecified atom stereocenters. The fourth-order valence-electron chi connectivity index (χ4n) is 3.86. The maximum absolute atomic E-state index is 13.5. The summed E-state index contributed by atoms with van der Waals surface area (Å²) in [6, 6.07) is 13.0. The number of nitrogens with one attached hydrogen (secondary N) is 1. The Balaban J connectivity index is 1.72. The quantitative estimate of drug-likeness (QED) is 0.558. The number of rotatable bonds is 3. The van der Waals surface area contributed by atoms with Gasteiger partial charge in [-0.2, -0.15) is 5.10 Å². The maximum Gasteiger partial charge on any atom is 0.299 e. The van der Waals surface area contributed by atoms with Gasteiger partial charge in [0.05, 0.1) is 11.0 Å². The molecular weight excluding hydrogens is 399 g/mol. The fourth-order valence-corrected chi connectivity index (χ4v) is 4.58. The summed E-state index contributed by atoms with van der Waals surface area (Å²) in [6.07, 6.45) is 1.97. The number of carbonyl (C=O) groups is 1. The highest BCUT2D eigenvalue weighted by Crippen LogP contribution is 2.32. The Bertz CT molecular complexity index is 1020. The lowest BCUT2D eigenvalue weighted by molar-refractivity contribution is 0.261. The van der Waals surface area contributed by atoms with Gasteiger partial charge in [-0.3, -0.25) is 9.79 Å². The van der Waals surface area contributed by atoms with Gasteiger partial charge >= 0.3 is 0 Å². The van der Waals surface area contributed by atoms with Crippen LogP contribution in [0.15, 0.2) is 52.6 Å². The minimum atomic E-state index is -0.251. The van der Waals surface area contributed by atoms with Gasteiger partial charge in [-0.1, -0.05) is 17.8 Å². The summed E-state index contributed by atoms with van der Waals surface area (Å²) in [7, 11) is 0. The van der Waals surface area contributed by atoms with E-state index in [1.807, 2.05) is 20.8 Å². The molecule has 2 aromatic rings. The van der Waals surface area contributed by atoms with Crippen LogP contribution in [-0.2, 0) is 6.42 Å². The lowest BCUT2D eigenvalue weighted by Gasteiger charge is -2.33. The Kier molecular flexibility index (Phi) is 5.90. The molecule has 2 aliphatic rings. The summed E-state index contributed by atoms with van der Waals surface area (Å²) in [5.41, 5.74) is 7.74. The van der Waals surface area contributed by atoms with Crippen LogP contribution in [0.2, 0.25) is 0 Å². The third-order valence-electron chi connectivity index (χ3n) is 5.17. The molecule has 5 nitrogen and oxygen atoms in total. The largest absolute Gasteiger partial charge is 0.326 e. The third-order valence-corrected chi connectivity index (χ3v) is 6.05. The first kappa shape index (κ1) is 20.6. The minimum Gasteiger partial charge on any atom is -0.326 e. The molecule has 0 saturated heterocycles. The van der Waals surface area contributed by atoms with E-state index in [1.54, 1.807) is 12.1 Å². The molecule has 0 bridgehead atoms. The van der Waals surface area contributed by atoms with E-state index in [0.29, 0.717) is 0 Å². The van der Waals surface area contributed by atoms with Gasteiger partial charge in [-0.15, -0.1) is 0 Å². The zero-order chi connectivity index (χ0) is 21.3. The van der Waals surface area contributed by atoms with Gasteiger partial charge in [-0.05, 0) is 81.1 Å². The Morgan fingerprint density at radius 1 is 1.27 bits per heavy atom. The minimum absolute atomic E-state index is 0.00812. The second-order valence-corrected chi connectivity index (χ2v) is 9.12. The number of halogens is 1. The van der Waals surface area contributed by atoms with Gasteiger partial charge in [0, 0.05) is 23.8 Å². The molecule has 1 atom stereocenters. The number of amides is 1. The topological polar surface area (TPSA) is 57.1 Å². The summed E-state index contributed by atoms with van der Waals surface area (Å²) >= 11 is 1.25. The van der Waals surface area contributed by atoms with Gasteiger partial charge < -0.3 is 4.90 Å². The summed E-state index contributed by atoms with van der Waals surface area (Å²) < 4.78 is 13.5. The molecule has 1 amide bonds. The van der Waals surface area contributed by atoms with Gasteiger partial charge in [0.1, 0.15) is 11.7 Å². The fraction of sp³-hybridized carbons (Fsp3) is 0.348. The van der Waals surface area contributed by atoms with E-state index in [0.717, 1.165) is 47.7 Å². The van der Waals surface area contributed by atoms with Crippen molar-refractivity contribution in [3.8, 4) is 0 Å². The van der Waals surface area contributed by atoms with Crippen molar-refractivity contribution in [2.75, 3.05) is 11.4 Å². The Morgan fingerprint density at radius 3 is 2.73 bits per heavy atom. The molecule has 4 rings (SSSR count). The van der Waals surface area contributed by atoms with Crippen LogP contribution in [0.25, 0.3) is 0 Å². The predicted octanol–water partition coefficient (Wildman–Crippen LogP) is 4.98. The third kappa shape index (κ3) is 4.26. The number of carbonyl (C=O) groups excluding carboxylic acids is 1. The molecule has 7 heteroatoms. The summed E-state index contributed by atoms with van der Waals surface area (Å²) in [5.74, 6) is 0.614. The number of thioether (sulfide) groups is 1. The number of hydrazone groups is 1. The van der Waals surface area contributed by atoms with Crippen LogP contribution >= 0.6 is 11.8 Å². The highest BCUT2D eigenvalue weighted by Gasteiger charge is 2.26. The molecule has 2 aliphatic heterocycles. The summed E-state index contributed by atoms with van der Waals surface area (Å²) in [6.45, 7) is 6.95. The second-order valence-electron chi connectivity index (χ2n) is 7.81. The Morgan fingerprint density at radius 2 is 2.03 bits per heavy atom. The number of hydrogen-bond donors (Lipinski definition) is 1. The normalized spacial score (nSPS) is 19.4. The van der Waals surface area contributed by atoms with Crippen molar-refractivity contribution in [3.63, 3.8) is 0 Å². The predicted molar refractivity (Wildman–Crippen MR) is 122 cm³/mol. The van der Waals surface area contributed by atoms with E-state index in [4.69, 9.17) is 4.99 Å². The summed E-state index contributed by atoms with van der Waals surface area (Å²) in [4.78, 5) is 18.7. The van der Waals surface area contributed by atoms with Crippen molar-refractivity contribution in [3.05, 3.63) is 65.0 Å². The van der Waals surface area contributed by atoms with E-state index < -0.39 is 0 Å². The van der Waals surface area contributed by atoms with Crippen molar-refractivity contribution in [1.82, 2.24) is 5.43 Å². The molecule has 0 spiro atoms. The van der Waals surface area contributed by atoms with E-state index in [1.165, 1.54) is 29.5 Å². The molecule has 1 N–H and O–H groups in total. The Labute approximate surface area is 180 Å². The molecule has 0 saturated carbocycles. The zero-order valence-electron chi connectivity index (χ0n) is 17.4. The number of anilines is 1. The molecule has 0 aromatic heterocycles. The number of amidine groups is 1. The number of benzene rings is 2. The lowest BCUT2D eigenvalue weighted by atomic mass is 9.96. The van der Waals surface area contributed by atoms with E-state index in [2.05, 4.69) is 33.6 Å². The molecule has 156 valence electrons. The van der Waals surface area contributed by atoms with Crippen LogP contribution in [0, 0.1) is 5.82 Å². The highest BCUT2D eigenvalue weighted by molar-refractivity contribution is 8.14. The average Bonchev–Trinajstić information content (AvgIpc) is 2.72. The van der Waals surface area contributed by atoms with Gasteiger partial charge in [-0.25, -0.2) is 9.82 Å². The SMILES string of the molecule is CC(C)N=C(c1ccc(F)cc1)N1CCCc2cc(C3=NNC(=O)SC3C)ccc21. The molecule has 0 aliphatic carbocycles. The summed E-state index contributed by atoms with van der Waals surface area (Å²) in [5, 5.41) is 4.17. The Hall–Kier alpha value is -2.67. The van der Waals surface area contributed by atoms with Gasteiger partial charge in [0.25, 0.3) is 5.24 Å². The van der Waals surface area contributed by atoms with Crippen LogP contribution in [0.1, 0.15) is 43.9 Å². The van der Waals surface area contributed by atoms with Crippen molar-refractivity contribution < 1.29 is 9.18 Å². The first-order chi connectivity index (χ1) is 14.4. The number of aliphatic imine (C=N–C) groups is 1. The van der Waals surface area contributed by atoms with Gasteiger partial charge in [0.2, 0.25) is 0 Å². The van der Waals surface area contributed by atoms with Crippen LogP contribution in [0.4, 0.5) is 14.9 Å². The smallest absolute Gasteiger partial charge is 0.299 e. The average molecular weight is 425 g/mol. The van der Waals surface area contributed by atoms with Crippen molar-refractivity contribution in [1.29, 1.82) is 0 Å². The number of fused-ring (bicyclic) bond motifs is 1. The number of hydrogen-bond acceptors (Lipinski definition) is 4. The van der Waals surface area contributed by atoms with Crippen LogP contribution in [0.3, 0.4) is 0 Å². The monoisotopic (exact) mass is 424 g/mol. The van der Waals surface area contributed by atoms with Crippen LogP contribution in [-0.4, -0.2) is 34.6 Å². The van der Waals surface area contributed by atoms with Crippen LogP contribution < -0.4 is 10.3 Å². The van der Waals surface area contributed by atoms with E-state index >= 15 is 0 Å². The van der Waals surface area contributed by atoms with Gasteiger partial charge in [0.15, 0.2) is 0 Å². The molecule has 0 fully saturated rings.